The second-order valence-electron chi connectivity index (χ2n) is 4.64. The maximum Gasteiger partial charge on any atom is 0.296 e. The van der Waals surface area contributed by atoms with E-state index in [1.54, 1.807) is 6.07 Å². The summed E-state index contributed by atoms with van der Waals surface area (Å²) in [6, 6.07) is 8.24. The van der Waals surface area contributed by atoms with E-state index in [2.05, 4.69) is 5.32 Å². The maximum absolute atomic E-state index is 14.2. The van der Waals surface area contributed by atoms with Crippen LogP contribution >= 0.6 is 0 Å². The van der Waals surface area contributed by atoms with Gasteiger partial charge in [-0.2, -0.15) is 0 Å². The number of anilines is 3. The summed E-state index contributed by atoms with van der Waals surface area (Å²) in [5, 5.41) is 2.36. The number of para-hydroxylation sites is 1. The minimum Gasteiger partial charge on any atom is -0.340 e. The topological polar surface area (TPSA) is 49.4 Å². The zero-order valence-electron chi connectivity index (χ0n) is 11.0. The Kier molecular flexibility index (Phi) is 2.94. The van der Waals surface area contributed by atoms with Gasteiger partial charge >= 0.3 is 0 Å². The number of ketones is 1. The Balaban J connectivity index is 2.09. The number of Topliss-reactive ketones (excluding diaryl/α,β-unsaturated/α-hetero) is 1. The Morgan fingerprint density at radius 1 is 1.00 bits per heavy atom. The first-order valence-electron chi connectivity index (χ1n) is 6.16. The van der Waals surface area contributed by atoms with Crippen LogP contribution in [0.5, 0.6) is 0 Å². The van der Waals surface area contributed by atoms with E-state index in [0.717, 1.165) is 6.07 Å². The number of carbonyl (C=O) groups excluding carboxylic acids is 2. The number of nitrogens with one attached hydrogen (secondary N) is 1. The van der Waals surface area contributed by atoms with Crippen molar-refractivity contribution in [2.45, 2.75) is 0 Å². The van der Waals surface area contributed by atoms with E-state index < -0.39 is 23.3 Å². The average molecular weight is 288 g/mol. The van der Waals surface area contributed by atoms with Gasteiger partial charge in [-0.15, -0.1) is 0 Å². The molecule has 2 aromatic carbocycles. The van der Waals surface area contributed by atoms with E-state index in [9.17, 15) is 18.4 Å². The van der Waals surface area contributed by atoms with Crippen LogP contribution in [0.4, 0.5) is 25.8 Å². The molecule has 0 saturated carbocycles. The highest BCUT2D eigenvalue weighted by Gasteiger charge is 2.30. The number of carbonyl (C=O) groups is 2. The van der Waals surface area contributed by atoms with Crippen LogP contribution < -0.4 is 10.2 Å². The monoisotopic (exact) mass is 288 g/mol. The molecule has 0 aromatic heterocycles. The van der Waals surface area contributed by atoms with Crippen molar-refractivity contribution in [2.24, 2.45) is 0 Å². The third kappa shape index (κ3) is 2.05. The second-order valence-corrected chi connectivity index (χ2v) is 4.64. The molecule has 0 saturated heterocycles. The minimum atomic E-state index is -0.796. The van der Waals surface area contributed by atoms with Crippen LogP contribution in [0.3, 0.4) is 0 Å². The molecular formula is C15H10F2N2O2. The van der Waals surface area contributed by atoms with Crippen LogP contribution in [0.25, 0.3) is 0 Å². The highest BCUT2D eigenvalue weighted by molar-refractivity contribution is 6.51. The molecule has 1 aliphatic heterocycles. The van der Waals surface area contributed by atoms with E-state index >= 15 is 0 Å². The first-order chi connectivity index (χ1) is 9.99. The average Bonchev–Trinajstić information content (AvgIpc) is 2.73. The Hall–Kier alpha value is -2.76. The fourth-order valence-electron chi connectivity index (χ4n) is 2.27. The van der Waals surface area contributed by atoms with Crippen molar-refractivity contribution in [3.63, 3.8) is 0 Å². The largest absolute Gasteiger partial charge is 0.340 e. The van der Waals surface area contributed by atoms with Gasteiger partial charge in [-0.3, -0.25) is 9.59 Å². The van der Waals surface area contributed by atoms with Gasteiger partial charge in [-0.05, 0) is 24.3 Å². The Morgan fingerprint density at radius 2 is 1.71 bits per heavy atom. The van der Waals surface area contributed by atoms with Crippen molar-refractivity contribution in [1.82, 2.24) is 0 Å². The molecule has 3 rings (SSSR count). The Bertz CT molecular complexity index is 774. The van der Waals surface area contributed by atoms with Crippen LogP contribution in [0.2, 0.25) is 0 Å². The molecule has 0 bridgehead atoms. The van der Waals surface area contributed by atoms with Crippen LogP contribution in [0, 0.1) is 11.6 Å². The van der Waals surface area contributed by atoms with Crippen LogP contribution in [0.15, 0.2) is 36.4 Å². The van der Waals surface area contributed by atoms with Gasteiger partial charge in [0.15, 0.2) is 0 Å². The summed E-state index contributed by atoms with van der Waals surface area (Å²) in [5.41, 5.74) is 0.466. The number of amides is 1. The molecule has 0 radical (unpaired) electrons. The summed E-state index contributed by atoms with van der Waals surface area (Å²) in [6.07, 6.45) is 0. The van der Waals surface area contributed by atoms with Crippen molar-refractivity contribution >= 4 is 28.8 Å². The van der Waals surface area contributed by atoms with Crippen molar-refractivity contribution < 1.29 is 18.4 Å². The van der Waals surface area contributed by atoms with Gasteiger partial charge in [-0.25, -0.2) is 8.78 Å². The summed E-state index contributed by atoms with van der Waals surface area (Å²) in [7, 11) is 1.50. The van der Waals surface area contributed by atoms with Crippen LogP contribution in [-0.2, 0) is 4.79 Å². The molecule has 0 atom stereocenters. The van der Waals surface area contributed by atoms with Crippen molar-refractivity contribution in [1.29, 1.82) is 0 Å². The Labute approximate surface area is 119 Å². The molecule has 4 nitrogen and oxygen atoms in total. The molecule has 21 heavy (non-hydrogen) atoms. The molecule has 1 amide bonds. The predicted molar refractivity (Wildman–Crippen MR) is 73.8 cm³/mol. The number of fused-ring (bicyclic) bond motifs is 1. The number of hydrogen-bond acceptors (Lipinski definition) is 3. The molecular weight excluding hydrogens is 278 g/mol. The fourth-order valence-corrected chi connectivity index (χ4v) is 2.27. The van der Waals surface area contributed by atoms with Gasteiger partial charge in [0.2, 0.25) is 0 Å². The molecule has 2 aromatic rings. The number of hydrogen-bond donors (Lipinski definition) is 1. The highest BCUT2D eigenvalue weighted by atomic mass is 19.1. The number of halogens is 2. The highest BCUT2D eigenvalue weighted by Crippen LogP contribution is 2.34. The summed E-state index contributed by atoms with van der Waals surface area (Å²) in [6.45, 7) is 0. The lowest BCUT2D eigenvalue weighted by Gasteiger charge is -2.21. The third-order valence-corrected chi connectivity index (χ3v) is 3.36. The molecule has 1 aliphatic rings. The number of nitrogens with zero attached hydrogens (tertiary/aromatic N) is 1. The lowest BCUT2D eigenvalue weighted by molar-refractivity contribution is -0.112. The molecule has 1 N–H and O–H groups in total. The molecule has 106 valence electrons. The molecule has 0 aliphatic carbocycles. The lowest BCUT2D eigenvalue weighted by Crippen LogP contribution is -2.13. The van der Waals surface area contributed by atoms with E-state index in [-0.39, 0.29) is 22.6 Å². The van der Waals surface area contributed by atoms with Gasteiger partial charge in [0.05, 0.1) is 22.6 Å². The third-order valence-electron chi connectivity index (χ3n) is 3.36. The lowest BCUT2D eigenvalue weighted by atomic mass is 10.1. The Morgan fingerprint density at radius 3 is 2.43 bits per heavy atom. The summed E-state index contributed by atoms with van der Waals surface area (Å²) in [5.74, 6) is -2.77. The molecule has 1 heterocycles. The van der Waals surface area contributed by atoms with Crippen LogP contribution in [-0.4, -0.2) is 18.7 Å². The zero-order chi connectivity index (χ0) is 15.1. The van der Waals surface area contributed by atoms with Crippen molar-refractivity contribution in [3.8, 4) is 0 Å². The van der Waals surface area contributed by atoms with Gasteiger partial charge in [0.25, 0.3) is 11.7 Å². The van der Waals surface area contributed by atoms with Gasteiger partial charge in [-0.1, -0.05) is 12.1 Å². The van der Waals surface area contributed by atoms with Crippen LogP contribution in [0.1, 0.15) is 10.4 Å². The first-order valence-corrected chi connectivity index (χ1v) is 6.16. The molecule has 0 unspecified atom stereocenters. The van der Waals surface area contributed by atoms with Crippen molar-refractivity contribution in [3.05, 3.63) is 53.6 Å². The standard InChI is InChI=1S/C15H10F2N2O2/c1-19(12-5-3-2-4-9(12)16)13-7-11-8(6-10(13)17)14(20)15(21)18-11/h2-7H,1H3,(H,18,20,21). The van der Waals surface area contributed by atoms with E-state index in [4.69, 9.17) is 0 Å². The van der Waals surface area contributed by atoms with Crippen molar-refractivity contribution in [2.75, 3.05) is 17.3 Å². The van der Waals surface area contributed by atoms with E-state index in [1.165, 1.54) is 36.2 Å². The maximum atomic E-state index is 14.2. The zero-order valence-corrected chi connectivity index (χ0v) is 11.0. The second kappa shape index (κ2) is 4.66. The summed E-state index contributed by atoms with van der Waals surface area (Å²) < 4.78 is 27.9. The van der Waals surface area contributed by atoms with E-state index in [1.807, 2.05) is 0 Å². The predicted octanol–water partition coefficient (Wildman–Crippen LogP) is 2.87. The van der Waals surface area contributed by atoms with Gasteiger partial charge < -0.3 is 10.2 Å². The van der Waals surface area contributed by atoms with E-state index in [0.29, 0.717) is 0 Å². The molecule has 0 fully saturated rings. The fraction of sp³-hybridized carbons (Fsp3) is 0.0667. The summed E-state index contributed by atoms with van der Waals surface area (Å²) >= 11 is 0. The van der Waals surface area contributed by atoms with Gasteiger partial charge in [0.1, 0.15) is 11.6 Å². The minimum absolute atomic E-state index is 0.0109. The SMILES string of the molecule is CN(c1ccccc1F)c1cc2c(cc1F)C(=O)C(=O)N2. The van der Waals surface area contributed by atoms with Gasteiger partial charge in [0, 0.05) is 7.05 Å². The summed E-state index contributed by atoms with van der Waals surface area (Å²) in [4.78, 5) is 24.1. The smallest absolute Gasteiger partial charge is 0.296 e. The molecule has 6 heteroatoms. The quantitative estimate of drug-likeness (QED) is 0.864. The normalized spacial score (nSPS) is 13.1. The number of rotatable bonds is 2. The number of benzene rings is 2. The molecule has 0 spiro atoms. The first kappa shape index (κ1) is 13.2.